The molecule has 1 rings (SSSR count). The Morgan fingerprint density at radius 2 is 2.00 bits per heavy atom. The second-order valence-corrected chi connectivity index (χ2v) is 5.17. The first-order chi connectivity index (χ1) is 8.04. The van der Waals surface area contributed by atoms with Gasteiger partial charge in [-0.05, 0) is 37.0 Å². The fourth-order valence-electron chi connectivity index (χ4n) is 2.09. The summed E-state index contributed by atoms with van der Waals surface area (Å²) < 4.78 is 0. The first kappa shape index (κ1) is 13.9. The highest BCUT2D eigenvalue weighted by molar-refractivity contribution is 5.61. The summed E-state index contributed by atoms with van der Waals surface area (Å²) in [6.45, 7) is 7.76. The summed E-state index contributed by atoms with van der Waals surface area (Å²) in [4.78, 5) is 2.16. The lowest BCUT2D eigenvalue weighted by atomic mass is 10.1. The third kappa shape index (κ3) is 4.29. The SMILES string of the molecule is CCCC(C)CNc1ccc(C)c(N(C)C)c1. The van der Waals surface area contributed by atoms with E-state index >= 15 is 0 Å². The number of aryl methyl sites for hydroxylation is 1. The van der Waals surface area contributed by atoms with Crippen LogP contribution in [0.15, 0.2) is 18.2 Å². The second kappa shape index (κ2) is 6.53. The van der Waals surface area contributed by atoms with Gasteiger partial charge < -0.3 is 10.2 Å². The molecule has 2 heteroatoms. The summed E-state index contributed by atoms with van der Waals surface area (Å²) in [7, 11) is 4.18. The molecule has 0 saturated heterocycles. The van der Waals surface area contributed by atoms with E-state index in [2.05, 4.69) is 63.3 Å². The van der Waals surface area contributed by atoms with Gasteiger partial charge in [-0.1, -0.05) is 26.3 Å². The van der Waals surface area contributed by atoms with Gasteiger partial charge in [-0.15, -0.1) is 0 Å². The van der Waals surface area contributed by atoms with Crippen molar-refractivity contribution in [1.29, 1.82) is 0 Å². The molecule has 0 saturated carbocycles. The number of nitrogens with one attached hydrogen (secondary N) is 1. The number of benzene rings is 1. The molecule has 17 heavy (non-hydrogen) atoms. The van der Waals surface area contributed by atoms with Crippen molar-refractivity contribution in [2.45, 2.75) is 33.6 Å². The van der Waals surface area contributed by atoms with E-state index in [9.17, 15) is 0 Å². The molecule has 0 spiro atoms. The lowest BCUT2D eigenvalue weighted by Gasteiger charge is -2.18. The molecule has 0 heterocycles. The highest BCUT2D eigenvalue weighted by Crippen LogP contribution is 2.22. The van der Waals surface area contributed by atoms with Gasteiger partial charge in [0.05, 0.1) is 0 Å². The molecule has 2 nitrogen and oxygen atoms in total. The van der Waals surface area contributed by atoms with Gasteiger partial charge in [0.15, 0.2) is 0 Å². The topological polar surface area (TPSA) is 15.3 Å². The first-order valence-electron chi connectivity index (χ1n) is 6.56. The third-order valence-corrected chi connectivity index (χ3v) is 3.13. The molecule has 0 aromatic heterocycles. The lowest BCUT2D eigenvalue weighted by molar-refractivity contribution is 0.551. The average Bonchev–Trinajstić information content (AvgIpc) is 2.28. The average molecular weight is 234 g/mol. The van der Waals surface area contributed by atoms with E-state index in [1.165, 1.54) is 29.8 Å². The number of hydrogen-bond donors (Lipinski definition) is 1. The second-order valence-electron chi connectivity index (χ2n) is 5.17. The van der Waals surface area contributed by atoms with Gasteiger partial charge in [-0.2, -0.15) is 0 Å². The molecular weight excluding hydrogens is 208 g/mol. The number of rotatable bonds is 6. The fourth-order valence-corrected chi connectivity index (χ4v) is 2.09. The normalized spacial score (nSPS) is 12.3. The van der Waals surface area contributed by atoms with Crippen molar-refractivity contribution < 1.29 is 0 Å². The molecule has 0 radical (unpaired) electrons. The first-order valence-corrected chi connectivity index (χ1v) is 6.56. The standard InChI is InChI=1S/C15H26N2/c1-6-7-12(2)11-16-14-9-8-13(3)15(10-14)17(4)5/h8-10,12,16H,6-7,11H2,1-5H3. The van der Waals surface area contributed by atoms with Crippen LogP contribution in [-0.4, -0.2) is 20.6 Å². The van der Waals surface area contributed by atoms with Crippen molar-refractivity contribution >= 4 is 11.4 Å². The zero-order valence-corrected chi connectivity index (χ0v) is 11.9. The molecule has 0 aliphatic heterocycles. The summed E-state index contributed by atoms with van der Waals surface area (Å²) in [5, 5.41) is 3.53. The minimum atomic E-state index is 0.740. The van der Waals surface area contributed by atoms with E-state index in [0.29, 0.717) is 0 Å². The van der Waals surface area contributed by atoms with Crippen molar-refractivity contribution in [1.82, 2.24) is 0 Å². The van der Waals surface area contributed by atoms with Crippen LogP contribution in [0.4, 0.5) is 11.4 Å². The van der Waals surface area contributed by atoms with Crippen LogP contribution < -0.4 is 10.2 Å². The minimum absolute atomic E-state index is 0.740. The molecule has 0 aliphatic carbocycles. The predicted molar refractivity (Wildman–Crippen MR) is 78.1 cm³/mol. The van der Waals surface area contributed by atoms with Crippen LogP contribution in [0.25, 0.3) is 0 Å². The van der Waals surface area contributed by atoms with Gasteiger partial charge in [0.2, 0.25) is 0 Å². The Morgan fingerprint density at radius 3 is 2.59 bits per heavy atom. The van der Waals surface area contributed by atoms with E-state index < -0.39 is 0 Å². The zero-order chi connectivity index (χ0) is 12.8. The highest BCUT2D eigenvalue weighted by Gasteiger charge is 2.04. The summed E-state index contributed by atoms with van der Waals surface area (Å²) in [6, 6.07) is 6.58. The monoisotopic (exact) mass is 234 g/mol. The van der Waals surface area contributed by atoms with E-state index in [-0.39, 0.29) is 0 Å². The zero-order valence-electron chi connectivity index (χ0n) is 11.9. The summed E-state index contributed by atoms with van der Waals surface area (Å²) in [6.07, 6.45) is 2.55. The quantitative estimate of drug-likeness (QED) is 0.803. The van der Waals surface area contributed by atoms with Crippen molar-refractivity contribution in [2.75, 3.05) is 30.9 Å². The van der Waals surface area contributed by atoms with Crippen molar-refractivity contribution in [3.8, 4) is 0 Å². The Bertz CT molecular complexity index is 345. The van der Waals surface area contributed by atoms with Crippen LogP contribution in [0.2, 0.25) is 0 Å². The molecule has 1 aromatic rings. The summed E-state index contributed by atoms with van der Waals surface area (Å²) in [5.41, 5.74) is 3.84. The van der Waals surface area contributed by atoms with E-state index in [4.69, 9.17) is 0 Å². The highest BCUT2D eigenvalue weighted by atomic mass is 15.1. The van der Waals surface area contributed by atoms with Gasteiger partial charge in [0, 0.05) is 32.0 Å². The van der Waals surface area contributed by atoms with Crippen molar-refractivity contribution in [3.63, 3.8) is 0 Å². The molecule has 96 valence electrons. The third-order valence-electron chi connectivity index (χ3n) is 3.13. The van der Waals surface area contributed by atoms with Gasteiger partial charge in [0.25, 0.3) is 0 Å². The van der Waals surface area contributed by atoms with Gasteiger partial charge in [-0.25, -0.2) is 0 Å². The Balaban J connectivity index is 2.63. The Morgan fingerprint density at radius 1 is 1.29 bits per heavy atom. The van der Waals surface area contributed by atoms with Crippen LogP contribution in [0, 0.1) is 12.8 Å². The van der Waals surface area contributed by atoms with Crippen molar-refractivity contribution in [2.24, 2.45) is 5.92 Å². The molecule has 1 N–H and O–H groups in total. The molecule has 1 unspecified atom stereocenters. The number of hydrogen-bond acceptors (Lipinski definition) is 2. The van der Waals surface area contributed by atoms with E-state index in [0.717, 1.165) is 12.5 Å². The number of anilines is 2. The van der Waals surface area contributed by atoms with Gasteiger partial charge >= 0.3 is 0 Å². The summed E-state index contributed by atoms with van der Waals surface area (Å²) in [5.74, 6) is 0.740. The van der Waals surface area contributed by atoms with Gasteiger partial charge in [-0.3, -0.25) is 0 Å². The fraction of sp³-hybridized carbons (Fsp3) is 0.600. The minimum Gasteiger partial charge on any atom is -0.385 e. The Labute approximate surface area is 106 Å². The molecule has 1 atom stereocenters. The maximum absolute atomic E-state index is 3.53. The lowest BCUT2D eigenvalue weighted by Crippen LogP contribution is -2.13. The predicted octanol–water partition coefficient (Wildman–Crippen LogP) is 3.91. The van der Waals surface area contributed by atoms with Crippen LogP contribution in [-0.2, 0) is 0 Å². The maximum Gasteiger partial charge on any atom is 0.0411 e. The van der Waals surface area contributed by atoms with Gasteiger partial charge in [0.1, 0.15) is 0 Å². The molecule has 0 fully saturated rings. The van der Waals surface area contributed by atoms with Crippen LogP contribution in [0.1, 0.15) is 32.3 Å². The molecule has 0 bridgehead atoms. The largest absolute Gasteiger partial charge is 0.385 e. The Hall–Kier alpha value is -1.18. The molecule has 1 aromatic carbocycles. The van der Waals surface area contributed by atoms with Crippen LogP contribution in [0.5, 0.6) is 0 Å². The maximum atomic E-state index is 3.53. The van der Waals surface area contributed by atoms with Crippen LogP contribution >= 0.6 is 0 Å². The number of nitrogens with zero attached hydrogens (tertiary/aromatic N) is 1. The molecule has 0 aliphatic rings. The van der Waals surface area contributed by atoms with Crippen LogP contribution in [0.3, 0.4) is 0 Å². The Kier molecular flexibility index (Phi) is 5.33. The molecular formula is C15H26N2. The van der Waals surface area contributed by atoms with E-state index in [1.807, 2.05) is 0 Å². The van der Waals surface area contributed by atoms with E-state index in [1.54, 1.807) is 0 Å². The molecule has 0 amide bonds. The summed E-state index contributed by atoms with van der Waals surface area (Å²) >= 11 is 0. The van der Waals surface area contributed by atoms with Crippen molar-refractivity contribution in [3.05, 3.63) is 23.8 Å². The smallest absolute Gasteiger partial charge is 0.0411 e.